The molecular formula is C10H10ClNO. The van der Waals surface area contributed by atoms with Crippen molar-refractivity contribution in [3.63, 3.8) is 0 Å². The number of nitrogens with one attached hydrogen (secondary N) is 1. The number of hydrogen-bond acceptors (Lipinski definition) is 1. The van der Waals surface area contributed by atoms with Gasteiger partial charge in [-0.15, -0.1) is 0 Å². The van der Waals surface area contributed by atoms with Crippen LogP contribution in [0.25, 0.3) is 0 Å². The molecule has 1 aromatic carbocycles. The van der Waals surface area contributed by atoms with Crippen LogP contribution >= 0.6 is 11.6 Å². The molecule has 0 atom stereocenters. The fraction of sp³-hybridized carbons (Fsp3) is 0.300. The molecule has 1 amide bonds. The van der Waals surface area contributed by atoms with Gasteiger partial charge in [0.2, 0.25) is 5.91 Å². The predicted octanol–water partition coefficient (Wildman–Crippen LogP) is 1.90. The lowest BCUT2D eigenvalue weighted by atomic mass is 10.0. The van der Waals surface area contributed by atoms with Gasteiger partial charge in [-0.3, -0.25) is 4.79 Å². The van der Waals surface area contributed by atoms with Crippen LogP contribution in [-0.2, 0) is 17.8 Å². The van der Waals surface area contributed by atoms with E-state index in [-0.39, 0.29) is 5.91 Å². The largest absolute Gasteiger partial charge is 0.352 e. The molecule has 0 aliphatic carbocycles. The van der Waals surface area contributed by atoms with Crippen molar-refractivity contribution in [2.75, 3.05) is 0 Å². The van der Waals surface area contributed by atoms with E-state index in [9.17, 15) is 4.79 Å². The van der Waals surface area contributed by atoms with Crippen LogP contribution in [0.1, 0.15) is 17.5 Å². The molecule has 0 saturated heterocycles. The molecule has 0 spiro atoms. The van der Waals surface area contributed by atoms with Crippen molar-refractivity contribution in [1.82, 2.24) is 5.32 Å². The van der Waals surface area contributed by atoms with Gasteiger partial charge in [0, 0.05) is 18.0 Å². The van der Waals surface area contributed by atoms with Crippen LogP contribution in [0.5, 0.6) is 0 Å². The predicted molar refractivity (Wildman–Crippen MR) is 51.6 cm³/mol. The van der Waals surface area contributed by atoms with Gasteiger partial charge < -0.3 is 5.32 Å². The molecule has 68 valence electrons. The van der Waals surface area contributed by atoms with Crippen LogP contribution in [0.2, 0.25) is 5.02 Å². The Kier molecular flexibility index (Phi) is 2.23. The van der Waals surface area contributed by atoms with Crippen molar-refractivity contribution >= 4 is 17.5 Å². The van der Waals surface area contributed by atoms with Crippen LogP contribution in [0, 0.1) is 0 Å². The Labute approximate surface area is 81.9 Å². The molecular weight excluding hydrogens is 186 g/mol. The van der Waals surface area contributed by atoms with Crippen molar-refractivity contribution in [3.8, 4) is 0 Å². The second kappa shape index (κ2) is 3.38. The Bertz CT molecular complexity index is 349. The molecule has 1 aromatic rings. The van der Waals surface area contributed by atoms with E-state index in [1.165, 1.54) is 5.56 Å². The molecule has 13 heavy (non-hydrogen) atoms. The zero-order valence-corrected chi connectivity index (χ0v) is 7.90. The van der Waals surface area contributed by atoms with E-state index in [0.29, 0.717) is 13.0 Å². The average Bonchev–Trinajstić information content (AvgIpc) is 2.29. The molecule has 1 aliphatic rings. The minimum atomic E-state index is 0.118. The third-order valence-corrected chi connectivity index (χ3v) is 2.50. The van der Waals surface area contributed by atoms with Gasteiger partial charge in [-0.05, 0) is 29.7 Å². The summed E-state index contributed by atoms with van der Waals surface area (Å²) in [5.41, 5.74) is 2.36. The van der Waals surface area contributed by atoms with E-state index in [1.54, 1.807) is 0 Å². The number of rotatable bonds is 0. The van der Waals surface area contributed by atoms with Crippen LogP contribution in [0.4, 0.5) is 0 Å². The Hall–Kier alpha value is -1.02. The first-order valence-corrected chi connectivity index (χ1v) is 4.67. The lowest BCUT2D eigenvalue weighted by Crippen LogP contribution is -2.20. The van der Waals surface area contributed by atoms with Crippen LogP contribution in [-0.4, -0.2) is 5.91 Å². The summed E-state index contributed by atoms with van der Waals surface area (Å²) in [5, 5.41) is 3.56. The summed E-state index contributed by atoms with van der Waals surface area (Å²) in [6.07, 6.45) is 1.40. The van der Waals surface area contributed by atoms with Crippen molar-refractivity contribution in [2.24, 2.45) is 0 Å². The van der Waals surface area contributed by atoms with E-state index in [1.807, 2.05) is 18.2 Å². The standard InChI is InChI=1S/C10H10ClNO/c11-9-3-1-7-2-4-10(13)12-6-8(7)5-9/h1,3,5H,2,4,6H2,(H,12,13). The fourth-order valence-electron chi connectivity index (χ4n) is 1.53. The van der Waals surface area contributed by atoms with Gasteiger partial charge in [-0.2, -0.15) is 0 Å². The topological polar surface area (TPSA) is 29.1 Å². The van der Waals surface area contributed by atoms with E-state index >= 15 is 0 Å². The molecule has 1 N–H and O–H groups in total. The normalized spacial score (nSPS) is 15.9. The van der Waals surface area contributed by atoms with Gasteiger partial charge in [-0.25, -0.2) is 0 Å². The summed E-state index contributed by atoms with van der Waals surface area (Å²) in [6.45, 7) is 0.606. The molecule has 0 unspecified atom stereocenters. The molecule has 1 heterocycles. The van der Waals surface area contributed by atoms with E-state index in [2.05, 4.69) is 5.32 Å². The first kappa shape index (κ1) is 8.57. The molecule has 2 rings (SSSR count). The first-order chi connectivity index (χ1) is 6.25. The van der Waals surface area contributed by atoms with Gasteiger partial charge in [-0.1, -0.05) is 17.7 Å². The highest BCUT2D eigenvalue weighted by Gasteiger charge is 2.11. The second-order valence-corrected chi connectivity index (χ2v) is 3.63. The molecule has 0 saturated carbocycles. The monoisotopic (exact) mass is 195 g/mol. The number of halogens is 1. The molecule has 0 fully saturated rings. The lowest BCUT2D eigenvalue weighted by molar-refractivity contribution is -0.121. The van der Waals surface area contributed by atoms with Crippen molar-refractivity contribution in [1.29, 1.82) is 0 Å². The van der Waals surface area contributed by atoms with Crippen LogP contribution in [0.15, 0.2) is 18.2 Å². The highest BCUT2D eigenvalue weighted by Crippen LogP contribution is 2.19. The van der Waals surface area contributed by atoms with Crippen molar-refractivity contribution < 1.29 is 4.79 Å². The summed E-state index contributed by atoms with van der Waals surface area (Å²) in [7, 11) is 0. The fourth-order valence-corrected chi connectivity index (χ4v) is 1.73. The maximum Gasteiger partial charge on any atom is 0.220 e. The van der Waals surface area contributed by atoms with Crippen molar-refractivity contribution in [3.05, 3.63) is 34.3 Å². The Balaban J connectivity index is 2.35. The second-order valence-electron chi connectivity index (χ2n) is 3.19. The number of carbonyl (C=O) groups excluding carboxylic acids is 1. The smallest absolute Gasteiger partial charge is 0.220 e. The molecule has 3 heteroatoms. The van der Waals surface area contributed by atoms with Gasteiger partial charge in [0.05, 0.1) is 0 Å². The zero-order chi connectivity index (χ0) is 9.26. The first-order valence-electron chi connectivity index (χ1n) is 4.30. The minimum absolute atomic E-state index is 0.118. The third-order valence-electron chi connectivity index (χ3n) is 2.27. The van der Waals surface area contributed by atoms with Crippen LogP contribution < -0.4 is 5.32 Å². The Morgan fingerprint density at radius 2 is 2.08 bits per heavy atom. The van der Waals surface area contributed by atoms with Gasteiger partial charge in [0.1, 0.15) is 0 Å². The quantitative estimate of drug-likeness (QED) is 0.673. The number of amides is 1. The third kappa shape index (κ3) is 1.83. The lowest BCUT2D eigenvalue weighted by Gasteiger charge is -2.04. The Morgan fingerprint density at radius 1 is 1.23 bits per heavy atom. The minimum Gasteiger partial charge on any atom is -0.352 e. The summed E-state index contributed by atoms with van der Waals surface area (Å²) in [6, 6.07) is 5.79. The molecule has 2 nitrogen and oxygen atoms in total. The molecule has 0 radical (unpaired) electrons. The number of hydrogen-bond donors (Lipinski definition) is 1. The van der Waals surface area contributed by atoms with Crippen molar-refractivity contribution in [2.45, 2.75) is 19.4 Å². The van der Waals surface area contributed by atoms with Gasteiger partial charge in [0.15, 0.2) is 0 Å². The number of fused-ring (bicyclic) bond motifs is 1. The van der Waals surface area contributed by atoms with E-state index in [0.717, 1.165) is 17.0 Å². The average molecular weight is 196 g/mol. The maximum absolute atomic E-state index is 11.1. The van der Waals surface area contributed by atoms with Gasteiger partial charge >= 0.3 is 0 Å². The highest BCUT2D eigenvalue weighted by atomic mass is 35.5. The molecule has 0 bridgehead atoms. The Morgan fingerprint density at radius 3 is 2.92 bits per heavy atom. The number of aryl methyl sites for hydroxylation is 1. The van der Waals surface area contributed by atoms with E-state index in [4.69, 9.17) is 11.6 Å². The number of carbonyl (C=O) groups is 1. The van der Waals surface area contributed by atoms with Gasteiger partial charge in [0.25, 0.3) is 0 Å². The zero-order valence-electron chi connectivity index (χ0n) is 7.14. The molecule has 1 aliphatic heterocycles. The van der Waals surface area contributed by atoms with E-state index < -0.39 is 0 Å². The molecule has 0 aromatic heterocycles. The SMILES string of the molecule is O=C1CCc2ccc(Cl)cc2CN1. The number of benzene rings is 1. The maximum atomic E-state index is 11.1. The highest BCUT2D eigenvalue weighted by molar-refractivity contribution is 6.30. The summed E-state index contributed by atoms with van der Waals surface area (Å²) in [5.74, 6) is 0.118. The van der Waals surface area contributed by atoms with Crippen LogP contribution in [0.3, 0.4) is 0 Å². The summed E-state index contributed by atoms with van der Waals surface area (Å²) in [4.78, 5) is 11.1. The summed E-state index contributed by atoms with van der Waals surface area (Å²) < 4.78 is 0. The summed E-state index contributed by atoms with van der Waals surface area (Å²) >= 11 is 5.85.